The molecule has 0 aliphatic carbocycles. The van der Waals surface area contributed by atoms with E-state index >= 15 is 0 Å². The largest absolute Gasteiger partial charge is 0.375 e. The number of nitrogens with zero attached hydrogens (tertiary/aromatic N) is 4. The number of aromatic nitrogens is 4. The van der Waals surface area contributed by atoms with E-state index < -0.39 is 18.4 Å². The van der Waals surface area contributed by atoms with Gasteiger partial charge in [0, 0.05) is 19.2 Å². The number of ether oxygens (including phenoxy) is 3. The first-order valence-electron chi connectivity index (χ1n) is 10.4. The molecule has 1 saturated heterocycles. The van der Waals surface area contributed by atoms with Crippen LogP contribution in [0.1, 0.15) is 46.7 Å². The zero-order valence-electron chi connectivity index (χ0n) is 18.8. The van der Waals surface area contributed by atoms with E-state index in [0.717, 1.165) is 0 Å². The summed E-state index contributed by atoms with van der Waals surface area (Å²) in [4.78, 5) is 25.7. The predicted octanol–water partition coefficient (Wildman–Crippen LogP) is 1.15. The van der Waals surface area contributed by atoms with E-state index in [9.17, 15) is 4.79 Å². The molecule has 1 aliphatic heterocycles. The third-order valence-electron chi connectivity index (χ3n) is 5.62. The van der Waals surface area contributed by atoms with Crippen molar-refractivity contribution in [1.29, 1.82) is 0 Å². The van der Waals surface area contributed by atoms with Crippen molar-refractivity contribution in [3.8, 4) is 0 Å². The van der Waals surface area contributed by atoms with Gasteiger partial charge in [-0.25, -0.2) is 9.97 Å². The van der Waals surface area contributed by atoms with Crippen molar-refractivity contribution in [2.45, 2.75) is 84.3 Å². The van der Waals surface area contributed by atoms with Crippen LogP contribution >= 0.6 is 0 Å². The highest BCUT2D eigenvalue weighted by atomic mass is 16.6. The van der Waals surface area contributed by atoms with Crippen LogP contribution < -0.4 is 11.3 Å². The van der Waals surface area contributed by atoms with Gasteiger partial charge in [-0.1, -0.05) is 0 Å². The number of methoxy groups -OCH3 is 1. The molecule has 5 atom stereocenters. The highest BCUT2D eigenvalue weighted by molar-refractivity contribution is 5.69. The highest BCUT2D eigenvalue weighted by Gasteiger charge is 2.45. The first kappa shape index (κ1) is 22.8. The van der Waals surface area contributed by atoms with Crippen LogP contribution in [-0.2, 0) is 14.2 Å². The SMILES string of the molecule is COC1[C@@H](N)[C@@H](COC(C)N(C(C)C)C(C)C)O[C@H]1n1cnc2c(=O)[nH]c(C)nc21. The molecule has 3 N–H and O–H groups in total. The third-order valence-corrected chi connectivity index (χ3v) is 5.62. The average molecular weight is 423 g/mol. The van der Waals surface area contributed by atoms with Gasteiger partial charge >= 0.3 is 0 Å². The van der Waals surface area contributed by atoms with Crippen LogP contribution in [-0.4, -0.2) is 74.7 Å². The number of H-pyrrole nitrogens is 1. The molecule has 0 spiro atoms. The first-order chi connectivity index (χ1) is 14.1. The van der Waals surface area contributed by atoms with Crippen LogP contribution in [0, 0.1) is 6.92 Å². The van der Waals surface area contributed by atoms with Crippen LogP contribution in [0.15, 0.2) is 11.1 Å². The van der Waals surface area contributed by atoms with Gasteiger partial charge < -0.3 is 24.9 Å². The van der Waals surface area contributed by atoms with Gasteiger partial charge in [-0.15, -0.1) is 0 Å². The maximum Gasteiger partial charge on any atom is 0.279 e. The Morgan fingerprint density at radius 1 is 1.30 bits per heavy atom. The third kappa shape index (κ3) is 4.28. The van der Waals surface area contributed by atoms with Gasteiger partial charge in [0.2, 0.25) is 0 Å². The number of hydrogen-bond acceptors (Lipinski definition) is 8. The number of nitrogens with two attached hydrogens (primary N) is 1. The summed E-state index contributed by atoms with van der Waals surface area (Å²) in [6, 6.07) is 0.295. The van der Waals surface area contributed by atoms with Crippen LogP contribution in [0.25, 0.3) is 11.2 Å². The lowest BCUT2D eigenvalue weighted by Gasteiger charge is -2.36. The number of fused-ring (bicyclic) bond motifs is 1. The quantitative estimate of drug-likeness (QED) is 0.608. The smallest absolute Gasteiger partial charge is 0.279 e. The van der Waals surface area contributed by atoms with Crippen molar-refractivity contribution in [3.63, 3.8) is 0 Å². The zero-order valence-corrected chi connectivity index (χ0v) is 18.8. The maximum absolute atomic E-state index is 12.2. The summed E-state index contributed by atoms with van der Waals surface area (Å²) in [6.45, 7) is 12.7. The molecule has 0 amide bonds. The van der Waals surface area contributed by atoms with Crippen molar-refractivity contribution in [3.05, 3.63) is 22.5 Å². The first-order valence-corrected chi connectivity index (χ1v) is 10.4. The van der Waals surface area contributed by atoms with Gasteiger partial charge in [0.1, 0.15) is 24.3 Å². The number of hydrogen-bond donors (Lipinski definition) is 2. The Morgan fingerprint density at radius 3 is 2.57 bits per heavy atom. The second-order valence-electron chi connectivity index (χ2n) is 8.39. The lowest BCUT2D eigenvalue weighted by atomic mass is 10.1. The average Bonchev–Trinajstić information content (AvgIpc) is 3.20. The summed E-state index contributed by atoms with van der Waals surface area (Å²) in [5, 5.41) is 0. The number of nitrogens with one attached hydrogen (secondary N) is 1. The Kier molecular flexibility index (Phi) is 6.93. The van der Waals surface area contributed by atoms with E-state index in [2.05, 4.69) is 47.5 Å². The zero-order chi connectivity index (χ0) is 22.2. The molecule has 2 aromatic heterocycles. The normalized spacial score (nSPS) is 25.8. The number of rotatable bonds is 8. The summed E-state index contributed by atoms with van der Waals surface area (Å²) < 4.78 is 19.7. The minimum absolute atomic E-state index is 0.0854. The van der Waals surface area contributed by atoms with Crippen molar-refractivity contribution in [1.82, 2.24) is 24.4 Å². The van der Waals surface area contributed by atoms with Crippen LogP contribution in [0.3, 0.4) is 0 Å². The molecule has 1 fully saturated rings. The molecular formula is C20H34N6O4. The second-order valence-corrected chi connectivity index (χ2v) is 8.39. The molecule has 30 heavy (non-hydrogen) atoms. The molecule has 2 unspecified atom stereocenters. The van der Waals surface area contributed by atoms with Crippen LogP contribution in [0.5, 0.6) is 0 Å². The monoisotopic (exact) mass is 422 g/mol. The van der Waals surface area contributed by atoms with E-state index in [0.29, 0.717) is 30.2 Å². The number of imidazole rings is 1. The fraction of sp³-hybridized carbons (Fsp3) is 0.750. The van der Waals surface area contributed by atoms with Gasteiger partial charge in [-0.05, 0) is 41.5 Å². The molecule has 3 rings (SSSR count). The van der Waals surface area contributed by atoms with Crippen LogP contribution in [0.2, 0.25) is 0 Å². The Labute approximate surface area is 176 Å². The lowest BCUT2D eigenvalue weighted by Crippen LogP contribution is -2.47. The Bertz CT molecular complexity index is 902. The number of aromatic amines is 1. The van der Waals surface area contributed by atoms with Crippen molar-refractivity contribution < 1.29 is 14.2 Å². The molecule has 0 aromatic carbocycles. The molecule has 168 valence electrons. The van der Waals surface area contributed by atoms with Crippen molar-refractivity contribution in [2.75, 3.05) is 13.7 Å². The molecule has 10 heteroatoms. The van der Waals surface area contributed by atoms with Gasteiger partial charge in [-0.2, -0.15) is 0 Å². The molecular weight excluding hydrogens is 388 g/mol. The molecule has 2 aromatic rings. The molecule has 0 bridgehead atoms. The van der Waals surface area contributed by atoms with Gasteiger partial charge in [-0.3, -0.25) is 14.3 Å². The van der Waals surface area contributed by atoms with Crippen molar-refractivity contribution >= 4 is 11.2 Å². The van der Waals surface area contributed by atoms with Gasteiger partial charge in [0.15, 0.2) is 17.4 Å². The summed E-state index contributed by atoms with van der Waals surface area (Å²) in [7, 11) is 1.59. The predicted molar refractivity (Wildman–Crippen MR) is 113 cm³/mol. The summed E-state index contributed by atoms with van der Waals surface area (Å²) in [5.41, 5.74) is 6.86. The Morgan fingerprint density at radius 2 is 1.97 bits per heavy atom. The van der Waals surface area contributed by atoms with Crippen LogP contribution in [0.4, 0.5) is 0 Å². The molecule has 0 saturated carbocycles. The van der Waals surface area contributed by atoms with E-state index in [1.807, 2.05) is 6.92 Å². The summed E-state index contributed by atoms with van der Waals surface area (Å²) in [6.07, 6.45) is 0.0979. The second kappa shape index (κ2) is 9.11. The maximum atomic E-state index is 12.2. The summed E-state index contributed by atoms with van der Waals surface area (Å²) >= 11 is 0. The number of aryl methyl sites for hydroxylation is 1. The van der Waals surface area contributed by atoms with E-state index in [-0.39, 0.29) is 23.4 Å². The molecule has 1 aliphatic rings. The minimum atomic E-state index is -0.557. The van der Waals surface area contributed by atoms with E-state index in [1.165, 1.54) is 0 Å². The fourth-order valence-corrected chi connectivity index (χ4v) is 4.37. The van der Waals surface area contributed by atoms with Crippen molar-refractivity contribution in [2.24, 2.45) is 5.73 Å². The highest BCUT2D eigenvalue weighted by Crippen LogP contribution is 2.32. The topological polar surface area (TPSA) is 121 Å². The Hall–Kier alpha value is -1.85. The molecule has 3 heterocycles. The molecule has 10 nitrogen and oxygen atoms in total. The minimum Gasteiger partial charge on any atom is -0.375 e. The molecule has 0 radical (unpaired) electrons. The van der Waals surface area contributed by atoms with Gasteiger partial charge in [0.25, 0.3) is 5.56 Å². The lowest BCUT2D eigenvalue weighted by molar-refractivity contribution is -0.119. The Balaban J connectivity index is 1.79. The van der Waals surface area contributed by atoms with E-state index in [4.69, 9.17) is 19.9 Å². The van der Waals surface area contributed by atoms with Gasteiger partial charge in [0.05, 0.1) is 19.0 Å². The standard InChI is InChI=1S/C20H34N6O4/c1-10(2)26(11(3)4)13(6)29-8-14-15(21)17(28-7)20(30-14)25-9-22-16-18(25)23-12(5)24-19(16)27/h9-11,13-15,17,20H,8,21H2,1-7H3,(H,23,24,27)/t13?,14-,15+,17?,20-/m1/s1. The van der Waals surface area contributed by atoms with E-state index in [1.54, 1.807) is 24.9 Å². The summed E-state index contributed by atoms with van der Waals surface area (Å²) in [5.74, 6) is 0.502. The fourth-order valence-electron chi connectivity index (χ4n) is 4.37.